The molecule has 1 atom stereocenters. The number of halogens is 4. The minimum Gasteiger partial charge on any atom is -0.388 e. The van der Waals surface area contributed by atoms with Gasteiger partial charge >= 0.3 is 6.18 Å². The zero-order chi connectivity index (χ0) is 47.1. The lowest BCUT2D eigenvalue weighted by molar-refractivity contribution is -0.143. The maximum absolute atomic E-state index is 14.2. The molecule has 2 aliphatic heterocycles. The number of anilines is 1. The van der Waals surface area contributed by atoms with Crippen LogP contribution in [0, 0.1) is 5.92 Å². The smallest absolute Gasteiger partial charge is 0.388 e. The highest BCUT2D eigenvalue weighted by molar-refractivity contribution is 6.35. The van der Waals surface area contributed by atoms with Crippen LogP contribution in [0.4, 0.5) is 18.9 Å². The van der Waals surface area contributed by atoms with E-state index in [0.717, 1.165) is 53.8 Å². The fourth-order valence-corrected chi connectivity index (χ4v) is 9.22. The number of hydrogen-bond donors (Lipinski definition) is 3. The molecule has 354 valence electrons. The molecule has 2 fully saturated rings. The Kier molecular flexibility index (Phi) is 15.0. The zero-order valence-electron chi connectivity index (χ0n) is 37.5. The summed E-state index contributed by atoms with van der Waals surface area (Å²) in [6.45, 7) is 5.25. The van der Waals surface area contributed by atoms with Gasteiger partial charge in [0.2, 0.25) is 11.8 Å². The Hall–Kier alpha value is -5.72. The molecule has 2 saturated heterocycles. The molecule has 67 heavy (non-hydrogen) atoms. The molecule has 0 aliphatic carbocycles. The fraction of sp³-hybridized carbons (Fsp3) is 0.429. The predicted octanol–water partition coefficient (Wildman–Crippen LogP) is 6.38. The van der Waals surface area contributed by atoms with E-state index in [0.29, 0.717) is 103 Å². The number of piperidine rings is 1. The van der Waals surface area contributed by atoms with Crippen LogP contribution in [0.25, 0.3) is 33.1 Å². The number of benzene rings is 3. The zero-order valence-corrected chi connectivity index (χ0v) is 38.3. The van der Waals surface area contributed by atoms with Crippen LogP contribution >= 0.6 is 11.6 Å². The first-order chi connectivity index (χ1) is 32.2. The van der Waals surface area contributed by atoms with Gasteiger partial charge in [0.1, 0.15) is 6.54 Å². The lowest BCUT2D eigenvalue weighted by Gasteiger charge is -2.39. The summed E-state index contributed by atoms with van der Waals surface area (Å²) in [6.07, 6.45) is 2.61. The summed E-state index contributed by atoms with van der Waals surface area (Å²) in [7, 11) is 2.10. The second-order valence-corrected chi connectivity index (χ2v) is 18.4. The third kappa shape index (κ3) is 12.6. The van der Waals surface area contributed by atoms with Gasteiger partial charge in [0, 0.05) is 87.5 Å². The van der Waals surface area contributed by atoms with Crippen molar-refractivity contribution < 1.29 is 27.9 Å². The molecule has 0 radical (unpaired) electrons. The number of alkyl halides is 3. The van der Waals surface area contributed by atoms with Gasteiger partial charge < -0.3 is 30.4 Å². The highest BCUT2D eigenvalue weighted by Crippen LogP contribution is 2.30. The van der Waals surface area contributed by atoms with Crippen LogP contribution in [-0.4, -0.2) is 127 Å². The van der Waals surface area contributed by atoms with Crippen molar-refractivity contribution in [2.45, 2.75) is 69.9 Å². The maximum Gasteiger partial charge on any atom is 0.408 e. The summed E-state index contributed by atoms with van der Waals surface area (Å²) in [4.78, 5) is 56.1. The first kappa shape index (κ1) is 47.8. The molecule has 5 heterocycles. The van der Waals surface area contributed by atoms with Crippen molar-refractivity contribution in [2.75, 3.05) is 64.7 Å². The van der Waals surface area contributed by atoms with Crippen molar-refractivity contribution in [1.82, 2.24) is 44.3 Å². The molecule has 3 aromatic carbocycles. The van der Waals surface area contributed by atoms with E-state index in [1.54, 1.807) is 24.3 Å². The number of rotatable bonds is 17. The molecule has 0 spiro atoms. The molecule has 8 rings (SSSR count). The largest absolute Gasteiger partial charge is 0.408 e. The van der Waals surface area contributed by atoms with Crippen molar-refractivity contribution in [3.05, 3.63) is 118 Å². The van der Waals surface area contributed by atoms with Crippen LogP contribution in [0.15, 0.2) is 96.3 Å². The molecular formula is C49H56ClF3N10O4. The highest BCUT2D eigenvalue weighted by Gasteiger charge is 2.36. The average molecular weight is 941 g/mol. The number of carbonyl (C=O) groups is 2. The third-order valence-electron chi connectivity index (χ3n) is 12.8. The first-order valence-corrected chi connectivity index (χ1v) is 23.2. The van der Waals surface area contributed by atoms with E-state index in [2.05, 4.69) is 42.5 Å². The van der Waals surface area contributed by atoms with E-state index in [1.807, 2.05) is 53.4 Å². The first-order valence-electron chi connectivity index (χ1n) is 22.8. The molecule has 2 aliphatic rings. The summed E-state index contributed by atoms with van der Waals surface area (Å²) >= 11 is 6.57. The fourth-order valence-electron chi connectivity index (χ4n) is 8.95. The van der Waals surface area contributed by atoms with Crippen molar-refractivity contribution in [3.63, 3.8) is 0 Å². The number of likely N-dealkylation sites (tertiary alicyclic amines) is 1. The van der Waals surface area contributed by atoms with Crippen molar-refractivity contribution in [2.24, 2.45) is 5.92 Å². The molecule has 18 heteroatoms. The van der Waals surface area contributed by atoms with Crippen molar-refractivity contribution in [3.8, 4) is 11.3 Å². The number of fused-ring (bicyclic) bond motifs is 2. The Morgan fingerprint density at radius 2 is 1.69 bits per heavy atom. The van der Waals surface area contributed by atoms with E-state index in [-0.39, 0.29) is 29.8 Å². The lowest BCUT2D eigenvalue weighted by Crippen LogP contribution is -2.51. The number of aliphatic hydroxyl groups is 1. The van der Waals surface area contributed by atoms with E-state index < -0.39 is 18.3 Å². The number of aromatic nitrogens is 5. The normalized spacial score (nSPS) is 16.4. The van der Waals surface area contributed by atoms with Crippen LogP contribution < -0.4 is 16.2 Å². The van der Waals surface area contributed by atoms with Gasteiger partial charge in [-0.15, -0.1) is 0 Å². The highest BCUT2D eigenvalue weighted by atomic mass is 35.5. The van der Waals surface area contributed by atoms with E-state index >= 15 is 0 Å². The van der Waals surface area contributed by atoms with Gasteiger partial charge in [0.25, 0.3) is 5.56 Å². The second kappa shape index (κ2) is 21.1. The molecule has 14 nitrogen and oxygen atoms in total. The van der Waals surface area contributed by atoms with Gasteiger partial charge in [0.15, 0.2) is 0 Å². The molecule has 0 bridgehead atoms. The molecule has 2 amide bonds. The molecule has 6 aromatic rings. The number of pyridine rings is 1. The van der Waals surface area contributed by atoms with Crippen LogP contribution in [-0.2, 0) is 35.6 Å². The Morgan fingerprint density at radius 1 is 0.925 bits per heavy atom. The van der Waals surface area contributed by atoms with Gasteiger partial charge in [-0.2, -0.15) is 18.3 Å². The van der Waals surface area contributed by atoms with E-state index in [4.69, 9.17) is 11.6 Å². The minimum absolute atomic E-state index is 0.0369. The Balaban J connectivity index is 0.835. The number of nitrogens with zero attached hydrogens (tertiary/aromatic N) is 8. The summed E-state index contributed by atoms with van der Waals surface area (Å²) in [5, 5.41) is 23.5. The van der Waals surface area contributed by atoms with Crippen LogP contribution in [0.2, 0.25) is 5.02 Å². The number of carbonyl (C=O) groups excluding carboxylic acids is 2. The molecule has 1 unspecified atom stereocenters. The van der Waals surface area contributed by atoms with Crippen molar-refractivity contribution >= 4 is 50.9 Å². The SMILES string of the molecule is CN1CCN(CCC(=O)Nc2ccc3c(=O)n(CC4(O)CCN(C(=O)C(CCCNCc5ccc6c(Cl)cc(-c7cnn(CC(F)(F)F)c7)nc6c5)Cc5ccccc5)CC4)cnc3c2)CC1. The third-order valence-corrected chi connectivity index (χ3v) is 13.1. The summed E-state index contributed by atoms with van der Waals surface area (Å²) in [5.41, 5.74) is 3.00. The number of nitrogens with one attached hydrogen (secondary N) is 2. The van der Waals surface area contributed by atoms with Gasteiger partial charge in [-0.3, -0.25) is 23.6 Å². The number of likely N-dealkylation sites (N-methyl/N-ethyl adjacent to an activating group) is 1. The van der Waals surface area contributed by atoms with Gasteiger partial charge in [0.05, 0.1) is 51.8 Å². The Labute approximate surface area is 391 Å². The van der Waals surface area contributed by atoms with E-state index in [9.17, 15) is 32.7 Å². The molecule has 3 N–H and O–H groups in total. The number of amides is 2. The molecular weight excluding hydrogens is 885 g/mol. The predicted molar refractivity (Wildman–Crippen MR) is 253 cm³/mol. The van der Waals surface area contributed by atoms with Crippen LogP contribution in [0.1, 0.15) is 43.2 Å². The maximum atomic E-state index is 14.2. The monoisotopic (exact) mass is 940 g/mol. The van der Waals surface area contributed by atoms with Crippen molar-refractivity contribution in [1.29, 1.82) is 0 Å². The quantitative estimate of drug-likeness (QED) is 0.0879. The van der Waals surface area contributed by atoms with Gasteiger partial charge in [-0.25, -0.2) is 9.97 Å². The standard InChI is InChI=1S/C49H56ClF3N10O4/c1-59-20-22-60(23-21-59)17-13-45(64)57-38-10-12-40-43(26-38)55-33-62(47(40)66)31-48(67)14-18-61(19-15-48)46(65)36(24-34-6-3-2-4-7-34)8-5-16-54-28-35-9-11-39-41(50)27-42(58-44(39)25-35)37-29-56-63(30-37)32-49(51,52)53/h2-4,6-7,9-12,25-27,29-30,33,36,54,67H,5,8,13-24,28,31-32H2,1H3,(H,57,64). The Bertz CT molecular complexity index is 2730. The number of piperazine rings is 1. The summed E-state index contributed by atoms with van der Waals surface area (Å²) in [5.74, 6) is -0.337. The van der Waals surface area contributed by atoms with Gasteiger partial charge in [-0.05, 0) is 87.2 Å². The van der Waals surface area contributed by atoms with E-state index in [1.165, 1.54) is 23.3 Å². The molecule has 0 saturated carbocycles. The topological polar surface area (TPSA) is 154 Å². The Morgan fingerprint density at radius 3 is 2.45 bits per heavy atom. The minimum atomic E-state index is -4.40. The summed E-state index contributed by atoms with van der Waals surface area (Å²) in [6, 6.07) is 22.3. The lowest BCUT2D eigenvalue weighted by atomic mass is 9.88. The van der Waals surface area contributed by atoms with Gasteiger partial charge in [-0.1, -0.05) is 54.1 Å². The number of hydrogen-bond acceptors (Lipinski definition) is 10. The average Bonchev–Trinajstić information content (AvgIpc) is 3.76. The summed E-state index contributed by atoms with van der Waals surface area (Å²) < 4.78 is 41.0. The van der Waals surface area contributed by atoms with Crippen LogP contribution in [0.5, 0.6) is 0 Å². The second-order valence-electron chi connectivity index (χ2n) is 18.0. The van der Waals surface area contributed by atoms with Crippen LogP contribution in [0.3, 0.4) is 0 Å². The molecule has 3 aromatic heterocycles.